The van der Waals surface area contributed by atoms with Gasteiger partial charge in [0.15, 0.2) is 0 Å². The van der Waals surface area contributed by atoms with Crippen LogP contribution in [-0.4, -0.2) is 4.57 Å². The molecule has 0 radical (unpaired) electrons. The van der Waals surface area contributed by atoms with Crippen LogP contribution in [0.4, 0.5) is 0 Å². The van der Waals surface area contributed by atoms with Crippen LogP contribution in [0, 0.1) is 0 Å². The maximum Gasteiger partial charge on any atom is 0.251 e. The summed E-state index contributed by atoms with van der Waals surface area (Å²) in [5.41, 5.74) is 1.16. The van der Waals surface area contributed by atoms with E-state index in [1.54, 1.807) is 16.7 Å². The highest BCUT2D eigenvalue weighted by molar-refractivity contribution is 5.08. The van der Waals surface area contributed by atoms with Gasteiger partial charge in [-0.1, -0.05) is 6.07 Å². The lowest BCUT2D eigenvalue weighted by Gasteiger charge is -1.96. The smallest absolute Gasteiger partial charge is 0.251 e. The van der Waals surface area contributed by atoms with E-state index in [1.807, 2.05) is 6.07 Å². The second kappa shape index (κ2) is 1.95. The molecule has 52 valence electrons. The van der Waals surface area contributed by atoms with Crippen molar-refractivity contribution in [2.24, 2.45) is 0 Å². The maximum absolute atomic E-state index is 11.0. The molecule has 1 aromatic rings. The van der Waals surface area contributed by atoms with Gasteiger partial charge in [-0.3, -0.25) is 14.7 Å². The highest BCUT2D eigenvalue weighted by Gasteiger charge is 2.07. The molecule has 1 aliphatic heterocycles. The third-order valence-corrected chi connectivity index (χ3v) is 1.72. The largest absolute Gasteiger partial charge is 0.298 e. The van der Waals surface area contributed by atoms with Crippen LogP contribution < -0.4 is 10.9 Å². The molecule has 0 saturated carbocycles. The predicted octanol–water partition coefficient (Wildman–Crippen LogP) is -0.0910. The van der Waals surface area contributed by atoms with Gasteiger partial charge in [0.25, 0.3) is 5.56 Å². The lowest BCUT2D eigenvalue weighted by Crippen LogP contribution is -2.19. The molecule has 3 nitrogen and oxygen atoms in total. The molecule has 0 atom stereocenters. The van der Waals surface area contributed by atoms with Crippen molar-refractivity contribution in [3.8, 4) is 0 Å². The Labute approximate surface area is 58.3 Å². The number of pyridine rings is 1. The second-order valence-corrected chi connectivity index (χ2v) is 2.37. The third kappa shape index (κ3) is 0.675. The van der Waals surface area contributed by atoms with Crippen LogP contribution in [0.2, 0.25) is 0 Å². The minimum atomic E-state index is 0.0856. The van der Waals surface area contributed by atoms with Crippen LogP contribution in [0.1, 0.15) is 5.69 Å². The summed E-state index contributed by atoms with van der Waals surface area (Å²) >= 11 is 0. The van der Waals surface area contributed by atoms with E-state index in [2.05, 4.69) is 5.32 Å². The van der Waals surface area contributed by atoms with Gasteiger partial charge in [0.1, 0.15) is 0 Å². The fourth-order valence-electron chi connectivity index (χ4n) is 1.19. The Hall–Kier alpha value is -1.09. The lowest BCUT2D eigenvalue weighted by molar-refractivity contribution is 0.646. The standard InChI is InChI=1S/C7H8N2O/c10-7-3-1-2-6-4-8-5-9(6)7/h1-3,8H,4-5H2. The fraction of sp³-hybridized carbons (Fsp3) is 0.286. The summed E-state index contributed by atoms with van der Waals surface area (Å²) in [4.78, 5) is 11.0. The van der Waals surface area contributed by atoms with Crippen LogP contribution >= 0.6 is 0 Å². The Morgan fingerprint density at radius 2 is 2.40 bits per heavy atom. The van der Waals surface area contributed by atoms with Gasteiger partial charge >= 0.3 is 0 Å². The van der Waals surface area contributed by atoms with Crippen molar-refractivity contribution in [2.45, 2.75) is 13.2 Å². The Morgan fingerprint density at radius 3 is 3.20 bits per heavy atom. The zero-order valence-electron chi connectivity index (χ0n) is 5.50. The molecule has 0 spiro atoms. The van der Waals surface area contributed by atoms with Crippen molar-refractivity contribution in [1.82, 2.24) is 9.88 Å². The Balaban J connectivity index is 2.70. The van der Waals surface area contributed by atoms with Crippen LogP contribution in [0.25, 0.3) is 0 Å². The summed E-state index contributed by atoms with van der Waals surface area (Å²) in [6, 6.07) is 5.33. The van der Waals surface area contributed by atoms with Gasteiger partial charge in [-0.2, -0.15) is 0 Å². The molecule has 0 saturated heterocycles. The number of fused-ring (bicyclic) bond motifs is 1. The van der Waals surface area contributed by atoms with Gasteiger partial charge in [-0.15, -0.1) is 0 Å². The van der Waals surface area contributed by atoms with Gasteiger partial charge < -0.3 is 0 Å². The maximum atomic E-state index is 11.0. The molecule has 2 heterocycles. The monoisotopic (exact) mass is 136 g/mol. The first kappa shape index (κ1) is 5.68. The molecule has 0 bridgehead atoms. The zero-order valence-corrected chi connectivity index (χ0v) is 5.50. The summed E-state index contributed by atoms with van der Waals surface area (Å²) in [5, 5.41) is 3.09. The van der Waals surface area contributed by atoms with E-state index >= 15 is 0 Å². The molecule has 0 aliphatic carbocycles. The zero-order chi connectivity index (χ0) is 6.97. The van der Waals surface area contributed by atoms with Gasteiger partial charge in [0.2, 0.25) is 0 Å². The molecule has 1 N–H and O–H groups in total. The van der Waals surface area contributed by atoms with E-state index in [-0.39, 0.29) is 5.56 Å². The molecule has 1 aliphatic rings. The molecule has 0 aromatic carbocycles. The number of hydrogen-bond acceptors (Lipinski definition) is 2. The molecular weight excluding hydrogens is 128 g/mol. The van der Waals surface area contributed by atoms with E-state index in [4.69, 9.17) is 0 Å². The third-order valence-electron chi connectivity index (χ3n) is 1.72. The van der Waals surface area contributed by atoms with E-state index < -0.39 is 0 Å². The number of rotatable bonds is 0. The molecule has 3 heteroatoms. The van der Waals surface area contributed by atoms with E-state index in [0.29, 0.717) is 6.67 Å². The first-order valence-corrected chi connectivity index (χ1v) is 3.27. The first-order chi connectivity index (χ1) is 4.88. The summed E-state index contributed by atoms with van der Waals surface area (Å²) in [6.45, 7) is 1.48. The molecular formula is C7H8N2O. The van der Waals surface area contributed by atoms with Crippen molar-refractivity contribution < 1.29 is 0 Å². The number of nitrogens with one attached hydrogen (secondary N) is 1. The minimum absolute atomic E-state index is 0.0856. The summed E-state index contributed by atoms with van der Waals surface area (Å²) < 4.78 is 1.74. The first-order valence-electron chi connectivity index (χ1n) is 3.27. The minimum Gasteiger partial charge on any atom is -0.298 e. The lowest BCUT2D eigenvalue weighted by atomic mass is 10.3. The number of aromatic nitrogens is 1. The Morgan fingerprint density at radius 1 is 1.50 bits per heavy atom. The summed E-state index contributed by atoms with van der Waals surface area (Å²) in [7, 11) is 0. The number of hydrogen-bond donors (Lipinski definition) is 1. The Kier molecular flexibility index (Phi) is 1.11. The van der Waals surface area contributed by atoms with Crippen LogP contribution in [0.15, 0.2) is 23.0 Å². The molecule has 0 unspecified atom stereocenters. The van der Waals surface area contributed by atoms with E-state index in [9.17, 15) is 4.79 Å². The quantitative estimate of drug-likeness (QED) is 0.540. The second-order valence-electron chi connectivity index (χ2n) is 2.37. The van der Waals surface area contributed by atoms with E-state index in [0.717, 1.165) is 12.2 Å². The van der Waals surface area contributed by atoms with Crippen LogP contribution in [0.3, 0.4) is 0 Å². The van der Waals surface area contributed by atoms with Crippen molar-refractivity contribution in [1.29, 1.82) is 0 Å². The normalized spacial score (nSPS) is 15.2. The fourth-order valence-corrected chi connectivity index (χ4v) is 1.19. The Bertz CT molecular complexity index is 303. The van der Waals surface area contributed by atoms with Gasteiger partial charge in [-0.05, 0) is 6.07 Å². The van der Waals surface area contributed by atoms with Crippen molar-refractivity contribution >= 4 is 0 Å². The molecule has 1 aromatic heterocycles. The molecule has 2 rings (SSSR count). The van der Waals surface area contributed by atoms with Gasteiger partial charge in [0.05, 0.1) is 6.67 Å². The topological polar surface area (TPSA) is 34.0 Å². The van der Waals surface area contributed by atoms with Crippen LogP contribution in [-0.2, 0) is 13.2 Å². The summed E-state index contributed by atoms with van der Waals surface area (Å²) in [5.74, 6) is 0. The predicted molar refractivity (Wildman–Crippen MR) is 37.5 cm³/mol. The van der Waals surface area contributed by atoms with Gasteiger partial charge in [0, 0.05) is 18.3 Å². The van der Waals surface area contributed by atoms with Crippen LogP contribution in [0.5, 0.6) is 0 Å². The van der Waals surface area contributed by atoms with Gasteiger partial charge in [-0.25, -0.2) is 0 Å². The summed E-state index contributed by atoms with van der Waals surface area (Å²) in [6.07, 6.45) is 0. The molecule has 0 amide bonds. The average molecular weight is 136 g/mol. The van der Waals surface area contributed by atoms with Crippen molar-refractivity contribution in [2.75, 3.05) is 0 Å². The van der Waals surface area contributed by atoms with Crippen molar-refractivity contribution in [3.05, 3.63) is 34.2 Å². The van der Waals surface area contributed by atoms with E-state index in [1.165, 1.54) is 0 Å². The van der Waals surface area contributed by atoms with Crippen molar-refractivity contribution in [3.63, 3.8) is 0 Å². The SMILES string of the molecule is O=c1cccc2n1CNC2. The highest BCUT2D eigenvalue weighted by Crippen LogP contribution is 2.00. The molecule has 0 fully saturated rings. The number of nitrogens with zero attached hydrogens (tertiary/aromatic N) is 1. The molecule has 10 heavy (non-hydrogen) atoms. The average Bonchev–Trinajstić information content (AvgIpc) is 2.36. The highest BCUT2D eigenvalue weighted by atomic mass is 16.1.